The molecule has 1 amide bonds. The quantitative estimate of drug-likeness (QED) is 0.208. The van der Waals surface area contributed by atoms with E-state index in [-0.39, 0.29) is 22.4 Å². The number of thiazole rings is 1. The third-order valence-corrected chi connectivity index (χ3v) is 5.60. The SMILES string of the molecule is CCCCCOc1ccc(N(C(=O)CC(=O)OC)c2nc(-c3ccc(F)cc3)cs2)cc1F. The third kappa shape index (κ3) is 6.35. The molecular weight excluding hydrogens is 450 g/mol. The van der Waals surface area contributed by atoms with E-state index >= 15 is 0 Å². The first-order valence-corrected chi connectivity index (χ1v) is 11.3. The summed E-state index contributed by atoms with van der Waals surface area (Å²) >= 11 is 1.14. The van der Waals surface area contributed by atoms with Crippen LogP contribution < -0.4 is 9.64 Å². The van der Waals surface area contributed by atoms with Crippen LogP contribution >= 0.6 is 11.3 Å². The second-order valence-corrected chi connectivity index (χ2v) is 8.01. The lowest BCUT2D eigenvalue weighted by atomic mass is 10.2. The minimum Gasteiger partial charge on any atom is -0.491 e. The van der Waals surface area contributed by atoms with E-state index < -0.39 is 24.1 Å². The summed E-state index contributed by atoms with van der Waals surface area (Å²) in [6, 6.07) is 9.91. The molecule has 33 heavy (non-hydrogen) atoms. The average Bonchev–Trinajstić information content (AvgIpc) is 3.28. The number of ether oxygens (including phenoxy) is 2. The maximum absolute atomic E-state index is 14.7. The zero-order chi connectivity index (χ0) is 23.8. The molecule has 3 rings (SSSR count). The number of rotatable bonds is 10. The predicted molar refractivity (Wildman–Crippen MR) is 123 cm³/mol. The molecule has 9 heteroatoms. The lowest BCUT2D eigenvalue weighted by Gasteiger charge is -2.20. The number of carbonyl (C=O) groups is 2. The first-order valence-electron chi connectivity index (χ1n) is 10.5. The number of benzene rings is 2. The summed E-state index contributed by atoms with van der Waals surface area (Å²) in [5.74, 6) is -2.28. The van der Waals surface area contributed by atoms with E-state index in [0.29, 0.717) is 17.9 Å². The second kappa shape index (κ2) is 11.5. The molecule has 0 bridgehead atoms. The molecule has 0 saturated carbocycles. The van der Waals surface area contributed by atoms with Crippen LogP contribution in [0.2, 0.25) is 0 Å². The lowest BCUT2D eigenvalue weighted by molar-refractivity contribution is -0.143. The molecule has 2 aromatic carbocycles. The number of amides is 1. The number of unbranched alkanes of at least 4 members (excludes halogenated alkanes) is 2. The highest BCUT2D eigenvalue weighted by atomic mass is 32.1. The van der Waals surface area contributed by atoms with Crippen molar-refractivity contribution in [1.82, 2.24) is 4.98 Å². The number of esters is 1. The summed E-state index contributed by atoms with van der Waals surface area (Å²) < 4.78 is 38.1. The van der Waals surface area contributed by atoms with Crippen molar-refractivity contribution < 1.29 is 27.8 Å². The molecule has 174 valence electrons. The van der Waals surface area contributed by atoms with Crippen LogP contribution in [-0.4, -0.2) is 30.6 Å². The molecule has 1 heterocycles. The van der Waals surface area contributed by atoms with Crippen molar-refractivity contribution in [3.05, 3.63) is 59.5 Å². The molecule has 6 nitrogen and oxygen atoms in total. The first kappa shape index (κ1) is 24.3. The van der Waals surface area contributed by atoms with Crippen LogP contribution in [0.4, 0.5) is 19.6 Å². The summed E-state index contributed by atoms with van der Waals surface area (Å²) in [6.45, 7) is 2.46. The summed E-state index contributed by atoms with van der Waals surface area (Å²) in [5, 5.41) is 1.93. The van der Waals surface area contributed by atoms with Crippen LogP contribution in [0.1, 0.15) is 32.6 Å². The van der Waals surface area contributed by atoms with Crippen molar-refractivity contribution >= 4 is 34.0 Å². The van der Waals surface area contributed by atoms with Gasteiger partial charge in [-0.15, -0.1) is 11.3 Å². The second-order valence-electron chi connectivity index (χ2n) is 7.17. The predicted octanol–water partition coefficient (Wildman–Crippen LogP) is 5.89. The molecule has 0 radical (unpaired) electrons. The summed E-state index contributed by atoms with van der Waals surface area (Å²) in [5.41, 5.74) is 1.37. The van der Waals surface area contributed by atoms with Crippen LogP contribution in [-0.2, 0) is 14.3 Å². The largest absolute Gasteiger partial charge is 0.491 e. The van der Waals surface area contributed by atoms with Gasteiger partial charge in [-0.2, -0.15) is 0 Å². The van der Waals surface area contributed by atoms with E-state index in [1.54, 1.807) is 17.5 Å². The summed E-state index contributed by atoms with van der Waals surface area (Å²) in [7, 11) is 1.18. The van der Waals surface area contributed by atoms with Crippen molar-refractivity contribution in [2.45, 2.75) is 32.6 Å². The van der Waals surface area contributed by atoms with Crippen molar-refractivity contribution in [3.63, 3.8) is 0 Å². The Morgan fingerprint density at radius 3 is 2.52 bits per heavy atom. The minimum absolute atomic E-state index is 0.0846. The summed E-state index contributed by atoms with van der Waals surface area (Å²) in [6.07, 6.45) is 2.28. The van der Waals surface area contributed by atoms with E-state index in [4.69, 9.17) is 4.74 Å². The Morgan fingerprint density at radius 2 is 1.85 bits per heavy atom. The maximum Gasteiger partial charge on any atom is 0.315 e. The third-order valence-electron chi connectivity index (χ3n) is 4.78. The van der Waals surface area contributed by atoms with Gasteiger partial charge in [-0.05, 0) is 42.8 Å². The Hall–Kier alpha value is -3.33. The van der Waals surface area contributed by atoms with Crippen molar-refractivity contribution in [1.29, 1.82) is 0 Å². The van der Waals surface area contributed by atoms with Gasteiger partial charge < -0.3 is 9.47 Å². The fraction of sp³-hybridized carbons (Fsp3) is 0.292. The van der Waals surface area contributed by atoms with Gasteiger partial charge in [0.1, 0.15) is 12.2 Å². The van der Waals surface area contributed by atoms with Crippen LogP contribution in [0.25, 0.3) is 11.3 Å². The van der Waals surface area contributed by atoms with E-state index in [1.807, 2.05) is 0 Å². The number of hydrogen-bond donors (Lipinski definition) is 0. The lowest BCUT2D eigenvalue weighted by Crippen LogP contribution is -2.28. The normalized spacial score (nSPS) is 10.7. The molecule has 3 aromatic rings. The minimum atomic E-state index is -0.725. The highest BCUT2D eigenvalue weighted by Gasteiger charge is 2.25. The van der Waals surface area contributed by atoms with E-state index in [2.05, 4.69) is 16.6 Å². The number of methoxy groups -OCH3 is 1. The number of aromatic nitrogens is 1. The number of hydrogen-bond acceptors (Lipinski definition) is 6. The van der Waals surface area contributed by atoms with Gasteiger partial charge in [0.15, 0.2) is 16.7 Å². The molecule has 0 fully saturated rings. The van der Waals surface area contributed by atoms with Gasteiger partial charge in [-0.3, -0.25) is 14.5 Å². The fourth-order valence-electron chi connectivity index (χ4n) is 3.04. The van der Waals surface area contributed by atoms with Crippen LogP contribution in [0, 0.1) is 11.6 Å². The standard InChI is InChI=1S/C24H24F2N2O4S/c1-3-4-5-12-32-21-11-10-18(13-19(21)26)28(22(29)14-23(30)31-2)24-27-20(15-33-24)16-6-8-17(25)9-7-16/h6-11,13,15H,3-5,12,14H2,1-2H3. The Kier molecular flexibility index (Phi) is 8.48. The summed E-state index contributed by atoms with van der Waals surface area (Å²) in [4.78, 5) is 30.3. The molecule has 0 N–H and O–H groups in total. The van der Waals surface area contributed by atoms with Gasteiger partial charge in [-0.25, -0.2) is 13.8 Å². The molecule has 0 atom stereocenters. The van der Waals surface area contributed by atoms with Gasteiger partial charge in [-0.1, -0.05) is 19.8 Å². The van der Waals surface area contributed by atoms with E-state index in [9.17, 15) is 18.4 Å². The van der Waals surface area contributed by atoms with Gasteiger partial charge in [0.2, 0.25) is 5.91 Å². The zero-order valence-electron chi connectivity index (χ0n) is 18.3. The molecular formula is C24H24F2N2O4S. The molecule has 0 saturated heterocycles. The molecule has 0 aliphatic heterocycles. The highest BCUT2D eigenvalue weighted by Crippen LogP contribution is 2.34. The average molecular weight is 475 g/mol. The zero-order valence-corrected chi connectivity index (χ0v) is 19.2. The Balaban J connectivity index is 1.90. The topological polar surface area (TPSA) is 68.7 Å². The van der Waals surface area contributed by atoms with Crippen LogP contribution in [0.3, 0.4) is 0 Å². The highest BCUT2D eigenvalue weighted by molar-refractivity contribution is 7.14. The molecule has 0 aliphatic carbocycles. The van der Waals surface area contributed by atoms with Gasteiger partial charge >= 0.3 is 5.97 Å². The smallest absolute Gasteiger partial charge is 0.315 e. The van der Waals surface area contributed by atoms with Gasteiger partial charge in [0, 0.05) is 17.0 Å². The monoisotopic (exact) mass is 474 g/mol. The van der Waals surface area contributed by atoms with Crippen molar-refractivity contribution in [2.75, 3.05) is 18.6 Å². The Labute approximate surface area is 194 Å². The first-order chi connectivity index (χ1) is 15.9. The van der Waals surface area contributed by atoms with Crippen molar-refractivity contribution in [3.8, 4) is 17.0 Å². The fourth-order valence-corrected chi connectivity index (χ4v) is 3.91. The molecule has 0 unspecified atom stereocenters. The molecule has 1 aromatic heterocycles. The van der Waals surface area contributed by atoms with E-state index in [1.165, 1.54) is 42.3 Å². The Bertz CT molecular complexity index is 1100. The molecule has 0 aliphatic rings. The number of anilines is 2. The van der Waals surface area contributed by atoms with Crippen LogP contribution in [0.5, 0.6) is 5.75 Å². The molecule has 0 spiro atoms. The number of nitrogens with zero attached hydrogens (tertiary/aromatic N) is 2. The van der Waals surface area contributed by atoms with Crippen molar-refractivity contribution in [2.24, 2.45) is 0 Å². The van der Waals surface area contributed by atoms with Gasteiger partial charge in [0.25, 0.3) is 0 Å². The van der Waals surface area contributed by atoms with E-state index in [0.717, 1.165) is 30.6 Å². The number of carbonyl (C=O) groups excluding carboxylic acids is 2. The number of halogens is 2. The maximum atomic E-state index is 14.7. The Morgan fingerprint density at radius 1 is 1.09 bits per heavy atom. The van der Waals surface area contributed by atoms with Crippen LogP contribution in [0.15, 0.2) is 47.8 Å². The van der Waals surface area contributed by atoms with Gasteiger partial charge in [0.05, 0.1) is 25.1 Å².